The largest absolute Gasteiger partial charge is 0.456 e. The van der Waals surface area contributed by atoms with Crippen LogP contribution >= 0.6 is 0 Å². The monoisotopic (exact) mass is 772 g/mol. The third-order valence-corrected chi connectivity index (χ3v) is 10.5. The van der Waals surface area contributed by atoms with Crippen molar-refractivity contribution in [3.05, 3.63) is 186 Å². The molecule has 4 aromatic heterocycles. The van der Waals surface area contributed by atoms with E-state index in [2.05, 4.69) is 39.9 Å². The quantitative estimate of drug-likeness (QED) is 0.180. The Labute approximate surface area is 332 Å². The van der Waals surface area contributed by atoms with E-state index >= 15 is 0 Å². The van der Waals surface area contributed by atoms with Crippen molar-refractivity contribution in [2.45, 2.75) is 0 Å². The lowest BCUT2D eigenvalue weighted by molar-refractivity contribution is 0.625. The number of aromatic nitrogens is 2. The minimum absolute atomic E-state index is 0.295. The van der Waals surface area contributed by atoms with Crippen molar-refractivity contribution in [3.8, 4) is 17.8 Å². The van der Waals surface area contributed by atoms with E-state index in [-0.39, 0.29) is 5.82 Å². The van der Waals surface area contributed by atoms with Gasteiger partial charge in [-0.2, -0.15) is 10.5 Å². The standard InChI is InChI=1S/C25H13FN2O.C13H8N2.C12H6F2O/c26-16-9-11-23-19(13-16)25-22(6-3-7-24(25)29-23)28-20-5-2-1-4-17(20)18-12-15(14-27)8-10-21(18)28;14-8-9-5-6-13-11(7-9)10-3-1-2-4-12(10)15-13;13-7-4-5-10-8(6-7)12-9(14)2-1-3-11(12)15-10/h1-13H;1-7,15H;1-6H. The van der Waals surface area contributed by atoms with Gasteiger partial charge in [0.2, 0.25) is 0 Å². The van der Waals surface area contributed by atoms with E-state index in [0.29, 0.717) is 44.2 Å². The van der Waals surface area contributed by atoms with Crippen LogP contribution in [0.25, 0.3) is 93.2 Å². The van der Waals surface area contributed by atoms with Crippen LogP contribution in [0.4, 0.5) is 13.2 Å². The number of furan rings is 2. The normalized spacial score (nSPS) is 11.3. The van der Waals surface area contributed by atoms with Gasteiger partial charge >= 0.3 is 0 Å². The molecule has 0 amide bonds. The molecule has 0 radical (unpaired) electrons. The maximum atomic E-state index is 14.0. The molecule has 0 aliphatic heterocycles. The van der Waals surface area contributed by atoms with Crippen LogP contribution in [0.1, 0.15) is 11.1 Å². The molecule has 59 heavy (non-hydrogen) atoms. The average molecular weight is 773 g/mol. The zero-order chi connectivity index (χ0) is 40.2. The molecule has 0 saturated carbocycles. The van der Waals surface area contributed by atoms with Crippen molar-refractivity contribution < 1.29 is 22.0 Å². The summed E-state index contributed by atoms with van der Waals surface area (Å²) in [5.74, 6) is -1.08. The molecule has 8 aromatic carbocycles. The van der Waals surface area contributed by atoms with Crippen molar-refractivity contribution in [1.82, 2.24) is 9.55 Å². The van der Waals surface area contributed by atoms with E-state index in [1.807, 2.05) is 84.9 Å². The topological polar surface area (TPSA) is 94.6 Å². The highest BCUT2D eigenvalue weighted by Crippen LogP contribution is 2.39. The Balaban J connectivity index is 0.000000118. The minimum Gasteiger partial charge on any atom is -0.456 e. The van der Waals surface area contributed by atoms with Crippen molar-refractivity contribution in [3.63, 3.8) is 0 Å². The summed E-state index contributed by atoms with van der Waals surface area (Å²) in [5.41, 5.74) is 8.75. The molecule has 280 valence electrons. The Morgan fingerprint density at radius 3 is 1.75 bits per heavy atom. The molecule has 0 aliphatic carbocycles. The maximum Gasteiger partial charge on any atom is 0.138 e. The predicted molar refractivity (Wildman–Crippen MR) is 227 cm³/mol. The Morgan fingerprint density at radius 1 is 0.441 bits per heavy atom. The molecule has 0 unspecified atom stereocenters. The molecule has 6 nitrogen and oxygen atoms in total. The fourth-order valence-corrected chi connectivity index (χ4v) is 7.94. The fraction of sp³-hybridized carbons (Fsp3) is 0. The fourth-order valence-electron chi connectivity index (χ4n) is 7.94. The molecule has 0 atom stereocenters. The third kappa shape index (κ3) is 5.97. The third-order valence-electron chi connectivity index (χ3n) is 10.5. The second kappa shape index (κ2) is 14.0. The summed E-state index contributed by atoms with van der Waals surface area (Å²) in [6, 6.07) is 51.1. The Hall–Kier alpha value is -8.27. The number of nitriles is 2. The van der Waals surface area contributed by atoms with Crippen LogP contribution in [0.3, 0.4) is 0 Å². The first-order valence-corrected chi connectivity index (χ1v) is 18.6. The number of nitrogens with one attached hydrogen (secondary N) is 1. The van der Waals surface area contributed by atoms with E-state index < -0.39 is 11.6 Å². The lowest BCUT2D eigenvalue weighted by Gasteiger charge is -2.09. The molecule has 0 spiro atoms. The van der Waals surface area contributed by atoms with Gasteiger partial charge in [0.25, 0.3) is 0 Å². The number of hydrogen-bond acceptors (Lipinski definition) is 4. The van der Waals surface area contributed by atoms with Gasteiger partial charge in [0.15, 0.2) is 0 Å². The molecule has 4 heterocycles. The van der Waals surface area contributed by atoms with E-state index in [1.54, 1.807) is 18.2 Å². The van der Waals surface area contributed by atoms with Gasteiger partial charge in [-0.25, -0.2) is 13.2 Å². The predicted octanol–water partition coefficient (Wildman–Crippen LogP) is 13.8. The molecule has 0 saturated heterocycles. The highest BCUT2D eigenvalue weighted by atomic mass is 19.1. The molecule has 0 fully saturated rings. The molecule has 0 bridgehead atoms. The second-order valence-electron chi connectivity index (χ2n) is 14.0. The first-order valence-electron chi connectivity index (χ1n) is 18.6. The average Bonchev–Trinajstić information content (AvgIpc) is 4.02. The number of nitrogens with zero attached hydrogens (tertiary/aromatic N) is 3. The number of benzene rings is 8. The van der Waals surface area contributed by atoms with Crippen LogP contribution < -0.4 is 0 Å². The van der Waals surface area contributed by atoms with Crippen molar-refractivity contribution in [1.29, 1.82) is 10.5 Å². The first-order chi connectivity index (χ1) is 28.9. The summed E-state index contributed by atoms with van der Waals surface area (Å²) in [6.07, 6.45) is 0. The SMILES string of the molecule is Fc1ccc2oc3cccc(F)c3c2c1.N#Cc1ccc2[nH]c3ccccc3c2c1.N#Cc1ccc2c(c1)c1ccccc1n2-c1cccc2oc3ccc(F)cc3c12. The number of halogens is 3. The van der Waals surface area contributed by atoms with Gasteiger partial charge in [-0.3, -0.25) is 0 Å². The molecular weight excluding hydrogens is 746 g/mol. The van der Waals surface area contributed by atoms with Crippen molar-refractivity contribution in [2.24, 2.45) is 0 Å². The molecule has 1 N–H and O–H groups in total. The van der Waals surface area contributed by atoms with Crippen molar-refractivity contribution in [2.75, 3.05) is 0 Å². The Morgan fingerprint density at radius 2 is 1.02 bits per heavy atom. The second-order valence-corrected chi connectivity index (χ2v) is 14.0. The van der Waals surface area contributed by atoms with Gasteiger partial charge in [-0.05, 0) is 109 Å². The Kier molecular flexibility index (Phi) is 8.36. The van der Waals surface area contributed by atoms with E-state index in [4.69, 9.17) is 14.1 Å². The number of para-hydroxylation sites is 2. The molecule has 12 rings (SSSR count). The minimum atomic E-state index is -0.395. The molecular formula is C50H27F3N4O2. The molecule has 0 aliphatic rings. The van der Waals surface area contributed by atoms with Crippen molar-refractivity contribution >= 4 is 87.5 Å². The smallest absolute Gasteiger partial charge is 0.138 e. The summed E-state index contributed by atoms with van der Waals surface area (Å²) in [4.78, 5) is 3.32. The van der Waals surface area contributed by atoms with Gasteiger partial charge in [-0.15, -0.1) is 0 Å². The highest BCUT2D eigenvalue weighted by molar-refractivity contribution is 6.14. The van der Waals surface area contributed by atoms with E-state index in [0.717, 1.165) is 54.7 Å². The first kappa shape index (κ1) is 35.2. The highest BCUT2D eigenvalue weighted by Gasteiger charge is 2.18. The van der Waals surface area contributed by atoms with Crippen LogP contribution in [0, 0.1) is 40.1 Å². The van der Waals surface area contributed by atoms with Gasteiger partial charge in [0, 0.05) is 43.4 Å². The number of aromatic amines is 1. The van der Waals surface area contributed by atoms with E-state index in [9.17, 15) is 18.4 Å². The van der Waals surface area contributed by atoms with E-state index in [1.165, 1.54) is 41.8 Å². The van der Waals surface area contributed by atoms with Crippen LogP contribution in [0.2, 0.25) is 0 Å². The zero-order valence-electron chi connectivity index (χ0n) is 30.8. The van der Waals surface area contributed by atoms with Gasteiger partial charge < -0.3 is 18.4 Å². The Bertz CT molecular complexity index is 3710. The van der Waals surface area contributed by atoms with Gasteiger partial charge in [0.05, 0.1) is 50.8 Å². The van der Waals surface area contributed by atoms with Gasteiger partial charge in [0.1, 0.15) is 39.8 Å². The summed E-state index contributed by atoms with van der Waals surface area (Å²) in [5, 5.41) is 25.0. The van der Waals surface area contributed by atoms with Crippen LogP contribution in [0.5, 0.6) is 0 Å². The summed E-state index contributed by atoms with van der Waals surface area (Å²) in [7, 11) is 0. The number of H-pyrrole nitrogens is 1. The van der Waals surface area contributed by atoms with Crippen LogP contribution in [-0.2, 0) is 0 Å². The number of fused-ring (bicyclic) bond motifs is 12. The zero-order valence-corrected chi connectivity index (χ0v) is 30.8. The lowest BCUT2D eigenvalue weighted by atomic mass is 10.1. The molecule has 9 heteroatoms. The van der Waals surface area contributed by atoms with Crippen LogP contribution in [0.15, 0.2) is 167 Å². The van der Waals surface area contributed by atoms with Gasteiger partial charge in [-0.1, -0.05) is 48.5 Å². The van der Waals surface area contributed by atoms with Crippen LogP contribution in [-0.4, -0.2) is 9.55 Å². The summed E-state index contributed by atoms with van der Waals surface area (Å²) in [6.45, 7) is 0. The number of rotatable bonds is 1. The summed E-state index contributed by atoms with van der Waals surface area (Å²) >= 11 is 0. The maximum absolute atomic E-state index is 14.0. The summed E-state index contributed by atoms with van der Waals surface area (Å²) < 4.78 is 54.1. The number of hydrogen-bond donors (Lipinski definition) is 1. The lowest BCUT2D eigenvalue weighted by Crippen LogP contribution is -1.94. The molecule has 12 aromatic rings.